The van der Waals surface area contributed by atoms with E-state index in [-0.39, 0.29) is 40.9 Å². The molecule has 6 unspecified atom stereocenters. The van der Waals surface area contributed by atoms with Crippen LogP contribution in [-0.2, 0) is 14.4 Å². The molecule has 0 aromatic heterocycles. The van der Waals surface area contributed by atoms with Crippen molar-refractivity contribution in [1.29, 1.82) is 0 Å². The summed E-state index contributed by atoms with van der Waals surface area (Å²) in [7, 11) is 0. The topological polar surface area (TPSA) is 83.5 Å². The van der Waals surface area contributed by atoms with Crippen molar-refractivity contribution in [2.24, 2.45) is 34.5 Å². The maximum absolute atomic E-state index is 13.0. The predicted octanol–water partition coefficient (Wildman–Crippen LogP) is 4.19. The average Bonchev–Trinajstić information content (AvgIpc) is 2.92. The Labute approximate surface area is 169 Å². The van der Waals surface area contributed by atoms with Gasteiger partial charge in [-0.25, -0.2) is 0 Å². The number of fused-ring (bicyclic) bond motifs is 3. The Bertz CT molecular complexity index is 666. The first-order chi connectivity index (χ1) is 12.9. The fraction of sp³-hybridized carbons (Fsp3) is 0.870. The van der Waals surface area contributed by atoms with E-state index in [9.17, 15) is 14.4 Å². The summed E-state index contributed by atoms with van der Waals surface area (Å²) in [6.45, 7) is 10.4. The molecule has 28 heavy (non-hydrogen) atoms. The van der Waals surface area contributed by atoms with E-state index < -0.39 is 11.4 Å². The molecule has 5 heteroatoms. The Kier molecular flexibility index (Phi) is 5.44. The smallest absolute Gasteiger partial charge is 0.303 e. The summed E-state index contributed by atoms with van der Waals surface area (Å²) in [6, 6.07) is 0. The zero-order chi connectivity index (χ0) is 20.9. The van der Waals surface area contributed by atoms with Crippen LogP contribution in [0.3, 0.4) is 0 Å². The molecule has 3 saturated carbocycles. The molecule has 0 aromatic rings. The molecule has 1 amide bonds. The highest BCUT2D eigenvalue weighted by atomic mass is 16.4. The van der Waals surface area contributed by atoms with Crippen LogP contribution in [0.1, 0.15) is 86.0 Å². The lowest BCUT2D eigenvalue weighted by Gasteiger charge is -2.55. The highest BCUT2D eigenvalue weighted by Gasteiger charge is 2.60. The number of aliphatic carboxylic acids is 1. The molecular formula is C23H37NO4. The summed E-state index contributed by atoms with van der Waals surface area (Å²) >= 11 is 0. The first-order valence-corrected chi connectivity index (χ1v) is 11.0. The van der Waals surface area contributed by atoms with Crippen LogP contribution in [0.4, 0.5) is 0 Å². The van der Waals surface area contributed by atoms with Crippen LogP contribution in [-0.4, -0.2) is 28.3 Å². The summed E-state index contributed by atoms with van der Waals surface area (Å²) in [5.41, 5.74) is -0.756. The maximum Gasteiger partial charge on any atom is 0.303 e. The van der Waals surface area contributed by atoms with E-state index in [1.807, 2.05) is 27.7 Å². The quantitative estimate of drug-likeness (QED) is 0.752. The second-order valence-corrected chi connectivity index (χ2v) is 11.1. The monoisotopic (exact) mass is 391 g/mol. The number of carboxylic acids is 1. The van der Waals surface area contributed by atoms with Crippen molar-refractivity contribution in [3.05, 3.63) is 0 Å². The van der Waals surface area contributed by atoms with Crippen molar-refractivity contribution in [3.8, 4) is 0 Å². The summed E-state index contributed by atoms with van der Waals surface area (Å²) in [5.74, 6) is 0.796. The van der Waals surface area contributed by atoms with Gasteiger partial charge < -0.3 is 10.4 Å². The van der Waals surface area contributed by atoms with Crippen molar-refractivity contribution in [3.63, 3.8) is 0 Å². The lowest BCUT2D eigenvalue weighted by Crippen LogP contribution is -2.54. The first-order valence-electron chi connectivity index (χ1n) is 11.0. The fourth-order valence-electron chi connectivity index (χ4n) is 6.85. The van der Waals surface area contributed by atoms with Crippen LogP contribution in [0.2, 0.25) is 0 Å². The summed E-state index contributed by atoms with van der Waals surface area (Å²) in [4.78, 5) is 37.0. The van der Waals surface area contributed by atoms with E-state index in [0.29, 0.717) is 24.7 Å². The number of carboxylic acid groups (broad SMARTS) is 1. The molecule has 5 nitrogen and oxygen atoms in total. The Hall–Kier alpha value is -1.39. The van der Waals surface area contributed by atoms with Crippen molar-refractivity contribution in [1.82, 2.24) is 5.32 Å². The van der Waals surface area contributed by atoms with Gasteiger partial charge in [0, 0.05) is 29.7 Å². The molecule has 0 spiro atoms. The van der Waals surface area contributed by atoms with Crippen LogP contribution in [0, 0.1) is 34.5 Å². The number of carbonyl (C=O) groups excluding carboxylic acids is 2. The van der Waals surface area contributed by atoms with Crippen LogP contribution < -0.4 is 5.32 Å². The molecule has 0 heterocycles. The van der Waals surface area contributed by atoms with Gasteiger partial charge >= 0.3 is 5.97 Å². The number of carbonyl (C=O) groups is 3. The third kappa shape index (κ3) is 3.61. The largest absolute Gasteiger partial charge is 0.481 e. The fourth-order valence-corrected chi connectivity index (χ4v) is 6.85. The maximum atomic E-state index is 13.0. The van der Waals surface area contributed by atoms with E-state index >= 15 is 0 Å². The van der Waals surface area contributed by atoms with E-state index in [4.69, 9.17) is 5.11 Å². The van der Waals surface area contributed by atoms with Crippen LogP contribution in [0.5, 0.6) is 0 Å². The Balaban J connectivity index is 1.82. The number of Topliss-reactive ketones (excluding diaryl/α,β-unsaturated/α-hetero) is 1. The van der Waals surface area contributed by atoms with Gasteiger partial charge in [-0.15, -0.1) is 0 Å². The van der Waals surface area contributed by atoms with E-state index in [1.54, 1.807) is 0 Å². The number of rotatable bonds is 4. The van der Waals surface area contributed by atoms with Gasteiger partial charge in [0.1, 0.15) is 5.78 Å². The Morgan fingerprint density at radius 3 is 2.39 bits per heavy atom. The second kappa shape index (κ2) is 7.14. The molecule has 3 rings (SSSR count). The van der Waals surface area contributed by atoms with Gasteiger partial charge in [0.05, 0.1) is 0 Å². The molecule has 3 aliphatic rings. The van der Waals surface area contributed by atoms with Crippen LogP contribution in [0.15, 0.2) is 0 Å². The van der Waals surface area contributed by atoms with Gasteiger partial charge in [-0.05, 0) is 82.5 Å². The number of hydrogen-bond acceptors (Lipinski definition) is 3. The molecule has 0 aliphatic heterocycles. The third-order valence-electron chi connectivity index (χ3n) is 8.27. The minimum Gasteiger partial charge on any atom is -0.481 e. The highest BCUT2D eigenvalue weighted by molar-refractivity contribution is 5.86. The molecule has 0 saturated heterocycles. The summed E-state index contributed by atoms with van der Waals surface area (Å²) in [5, 5.41) is 12.4. The first kappa shape index (κ1) is 21.3. The van der Waals surface area contributed by atoms with Gasteiger partial charge in [-0.3, -0.25) is 14.4 Å². The minimum absolute atomic E-state index is 0.00933. The molecule has 158 valence electrons. The molecule has 3 aliphatic carbocycles. The number of hydrogen-bond donors (Lipinski definition) is 2. The number of amides is 1. The van der Waals surface area contributed by atoms with Crippen LogP contribution >= 0.6 is 0 Å². The van der Waals surface area contributed by atoms with Crippen molar-refractivity contribution >= 4 is 17.7 Å². The Morgan fingerprint density at radius 2 is 1.79 bits per heavy atom. The van der Waals surface area contributed by atoms with E-state index in [2.05, 4.69) is 12.2 Å². The second-order valence-electron chi connectivity index (χ2n) is 11.1. The van der Waals surface area contributed by atoms with Gasteiger partial charge in [-0.2, -0.15) is 0 Å². The van der Waals surface area contributed by atoms with Crippen molar-refractivity contribution < 1.29 is 19.5 Å². The number of nitrogens with one attached hydrogen (secondary N) is 1. The summed E-state index contributed by atoms with van der Waals surface area (Å²) in [6.07, 6.45) is 5.82. The zero-order valence-electron chi connectivity index (χ0n) is 18.1. The molecule has 0 aromatic carbocycles. The van der Waals surface area contributed by atoms with Crippen LogP contribution in [0.25, 0.3) is 0 Å². The van der Waals surface area contributed by atoms with Gasteiger partial charge in [-0.1, -0.05) is 13.8 Å². The molecule has 0 bridgehead atoms. The normalized spacial score (nSPS) is 40.5. The lowest BCUT2D eigenvalue weighted by atomic mass is 9.48. The molecule has 2 N–H and O–H groups in total. The van der Waals surface area contributed by atoms with Gasteiger partial charge in [0.15, 0.2) is 0 Å². The van der Waals surface area contributed by atoms with E-state index in [0.717, 1.165) is 32.1 Å². The lowest BCUT2D eigenvalue weighted by molar-refractivity contribution is -0.150. The molecule has 3 fully saturated rings. The highest BCUT2D eigenvalue weighted by Crippen LogP contribution is 2.64. The average molecular weight is 392 g/mol. The SMILES string of the molecule is CC(C)(C)NC(=O)C1CCC2C3CCC(=O)C(C)(CCC(=O)O)C3CCC12C. The Morgan fingerprint density at radius 1 is 1.11 bits per heavy atom. The standard InChI is InChI=1S/C23H37NO4/c1-21(2,3)24-20(28)17-8-7-15-14-6-9-18(25)23(5,13-11-19(26)27)16(14)10-12-22(15,17)4/h14-17H,6-13H2,1-5H3,(H,24,28)(H,26,27). The van der Waals surface area contributed by atoms with Gasteiger partial charge in [0.25, 0.3) is 0 Å². The molecule has 0 radical (unpaired) electrons. The van der Waals surface area contributed by atoms with E-state index in [1.165, 1.54) is 0 Å². The van der Waals surface area contributed by atoms with Crippen molar-refractivity contribution in [2.75, 3.05) is 0 Å². The molecule has 6 atom stereocenters. The zero-order valence-corrected chi connectivity index (χ0v) is 18.1. The number of ketones is 1. The molecular weight excluding hydrogens is 354 g/mol. The minimum atomic E-state index is -0.823. The predicted molar refractivity (Wildman–Crippen MR) is 108 cm³/mol. The van der Waals surface area contributed by atoms with Gasteiger partial charge in [0.2, 0.25) is 5.91 Å². The third-order valence-corrected chi connectivity index (χ3v) is 8.27. The summed E-state index contributed by atoms with van der Waals surface area (Å²) < 4.78 is 0. The van der Waals surface area contributed by atoms with Crippen molar-refractivity contribution in [2.45, 2.75) is 91.5 Å².